The Kier molecular flexibility index (Phi) is 5.17. The van der Waals surface area contributed by atoms with Crippen molar-refractivity contribution in [1.82, 2.24) is 0 Å². The number of amides is 2. The van der Waals surface area contributed by atoms with Crippen molar-refractivity contribution in [2.75, 3.05) is 4.90 Å². The summed E-state index contributed by atoms with van der Waals surface area (Å²) in [4.78, 5) is 35.9. The van der Waals surface area contributed by atoms with E-state index in [9.17, 15) is 9.59 Å². The molecule has 0 radical (unpaired) electrons. The topological polar surface area (TPSA) is 49.7 Å². The largest absolute Gasteiger partial charge is 0.274 e. The van der Waals surface area contributed by atoms with Gasteiger partial charge in [0.1, 0.15) is 0 Å². The van der Waals surface area contributed by atoms with Crippen molar-refractivity contribution in [3.63, 3.8) is 0 Å². The number of benzene rings is 5. The molecule has 0 unspecified atom stereocenters. The third-order valence-electron chi connectivity index (χ3n) is 9.46. The molecule has 4 atom stereocenters. The van der Waals surface area contributed by atoms with Crippen LogP contribution in [0.2, 0.25) is 0 Å². The summed E-state index contributed by atoms with van der Waals surface area (Å²) in [5.41, 5.74) is 6.04. The molecule has 41 heavy (non-hydrogen) atoms. The number of anilines is 1. The predicted octanol–water partition coefficient (Wildman–Crippen LogP) is 7.36. The fraction of sp³-hybridized carbons (Fsp3) is 0.162. The normalized spacial score (nSPS) is 24.1. The summed E-state index contributed by atoms with van der Waals surface area (Å²) in [5.74, 6) is -1.67. The van der Waals surface area contributed by atoms with Crippen LogP contribution in [0.4, 0.5) is 11.4 Å². The van der Waals surface area contributed by atoms with Gasteiger partial charge in [0.05, 0.1) is 28.6 Å². The van der Waals surface area contributed by atoms with Gasteiger partial charge in [-0.2, -0.15) is 0 Å². The molecule has 5 aliphatic carbocycles. The second-order valence-corrected chi connectivity index (χ2v) is 11.3. The molecule has 4 heteroatoms. The molecule has 0 aromatic heterocycles. The first-order chi connectivity index (χ1) is 20.1. The Morgan fingerprint density at radius 3 is 2.32 bits per heavy atom. The summed E-state index contributed by atoms with van der Waals surface area (Å²) in [6.45, 7) is 2.13. The standard InChI is InChI=1S/C37H28N2O2/c1-2-23-14-20-27(21-15-23)38-22-37-26-18-16-25(17-19-26)32(29-11-5-6-12-30(29)37)33-34(37)36(41)39(35(33)40)31-13-7-9-24-8-3-4-10-28(24)31/h3-22,32-34H,2H2,1H3/t32-,33+,34+,37+/m0/s1. The molecule has 5 aromatic rings. The van der Waals surface area contributed by atoms with Crippen molar-refractivity contribution in [3.05, 3.63) is 143 Å². The average molecular weight is 533 g/mol. The number of carbonyl (C=O) groups excluding carboxylic acids is 2. The predicted molar refractivity (Wildman–Crippen MR) is 163 cm³/mol. The minimum absolute atomic E-state index is 0.136. The number of aliphatic imine (C=N–C) groups is 1. The Bertz CT molecular complexity index is 1880. The summed E-state index contributed by atoms with van der Waals surface area (Å²) in [5, 5.41) is 1.90. The van der Waals surface area contributed by atoms with Crippen LogP contribution < -0.4 is 4.90 Å². The summed E-state index contributed by atoms with van der Waals surface area (Å²) < 4.78 is 0. The molecule has 0 spiro atoms. The maximum Gasteiger partial charge on any atom is 0.239 e. The van der Waals surface area contributed by atoms with Crippen LogP contribution in [0.3, 0.4) is 0 Å². The van der Waals surface area contributed by atoms with E-state index in [1.807, 2.05) is 72.9 Å². The first-order valence-corrected chi connectivity index (χ1v) is 14.3. The molecule has 0 saturated carbocycles. The number of rotatable bonds is 4. The van der Waals surface area contributed by atoms with E-state index < -0.39 is 17.3 Å². The zero-order chi connectivity index (χ0) is 27.7. The molecule has 5 aromatic carbocycles. The number of fused-ring (bicyclic) bond motifs is 1. The summed E-state index contributed by atoms with van der Waals surface area (Å²) in [6, 6.07) is 38.8. The quantitative estimate of drug-likeness (QED) is 0.179. The Labute approximate surface area is 239 Å². The monoisotopic (exact) mass is 532 g/mol. The van der Waals surface area contributed by atoms with Crippen LogP contribution in [0.15, 0.2) is 120 Å². The average Bonchev–Trinajstić information content (AvgIpc) is 3.27. The highest BCUT2D eigenvalue weighted by Gasteiger charge is 2.65. The van der Waals surface area contributed by atoms with Crippen LogP contribution in [0.5, 0.6) is 0 Å². The van der Waals surface area contributed by atoms with Crippen molar-refractivity contribution in [2.45, 2.75) is 24.7 Å². The Morgan fingerprint density at radius 1 is 0.780 bits per heavy atom. The van der Waals surface area contributed by atoms with Gasteiger partial charge in [-0.15, -0.1) is 0 Å². The van der Waals surface area contributed by atoms with Crippen molar-refractivity contribution < 1.29 is 9.59 Å². The van der Waals surface area contributed by atoms with Crippen molar-refractivity contribution in [2.24, 2.45) is 16.8 Å². The molecule has 2 amide bonds. The Hall–Kier alpha value is -4.83. The number of hydrogen-bond acceptors (Lipinski definition) is 3. The minimum Gasteiger partial charge on any atom is -0.274 e. The molecule has 1 aliphatic heterocycles. The van der Waals surface area contributed by atoms with E-state index in [1.165, 1.54) is 10.5 Å². The number of nitrogens with zero attached hydrogens (tertiary/aromatic N) is 2. The molecule has 4 nitrogen and oxygen atoms in total. The molecule has 11 rings (SSSR count). The van der Waals surface area contributed by atoms with Crippen LogP contribution in [-0.2, 0) is 21.4 Å². The molecule has 4 bridgehead atoms. The van der Waals surface area contributed by atoms with Crippen LogP contribution >= 0.6 is 0 Å². The number of hydrogen-bond donors (Lipinski definition) is 0. The lowest BCUT2D eigenvalue weighted by atomic mass is 9.52. The van der Waals surface area contributed by atoms with E-state index in [-0.39, 0.29) is 17.7 Å². The zero-order valence-corrected chi connectivity index (χ0v) is 22.7. The van der Waals surface area contributed by atoms with Crippen molar-refractivity contribution >= 4 is 40.2 Å². The maximum absolute atomic E-state index is 14.8. The van der Waals surface area contributed by atoms with Crippen LogP contribution in [0.25, 0.3) is 10.8 Å². The molecule has 1 saturated heterocycles. The first-order valence-electron chi connectivity index (χ1n) is 14.3. The van der Waals surface area contributed by atoms with Crippen LogP contribution in [0.1, 0.15) is 40.7 Å². The second-order valence-electron chi connectivity index (χ2n) is 11.3. The van der Waals surface area contributed by atoms with E-state index in [1.54, 1.807) is 0 Å². The van der Waals surface area contributed by atoms with Crippen molar-refractivity contribution in [3.8, 4) is 0 Å². The van der Waals surface area contributed by atoms with Crippen LogP contribution in [-0.4, -0.2) is 18.0 Å². The van der Waals surface area contributed by atoms with Gasteiger partial charge in [0, 0.05) is 17.5 Å². The zero-order valence-electron chi connectivity index (χ0n) is 22.7. The minimum atomic E-state index is -0.897. The Balaban J connectivity index is 1.39. The van der Waals surface area contributed by atoms with Crippen molar-refractivity contribution in [1.29, 1.82) is 0 Å². The third-order valence-corrected chi connectivity index (χ3v) is 9.46. The van der Waals surface area contributed by atoms with Gasteiger partial charge in [0.15, 0.2) is 0 Å². The number of imide groups is 1. The molecule has 6 aliphatic rings. The molecular weight excluding hydrogens is 504 g/mol. The van der Waals surface area contributed by atoms with Gasteiger partial charge in [-0.05, 0) is 57.8 Å². The fourth-order valence-electron chi connectivity index (χ4n) is 7.56. The van der Waals surface area contributed by atoms with E-state index in [0.29, 0.717) is 5.69 Å². The van der Waals surface area contributed by atoms with Crippen LogP contribution in [0, 0.1) is 11.8 Å². The highest BCUT2D eigenvalue weighted by molar-refractivity contribution is 6.27. The second kappa shape index (κ2) is 8.84. The highest BCUT2D eigenvalue weighted by Crippen LogP contribution is 2.60. The molecular formula is C37H28N2O2. The summed E-state index contributed by atoms with van der Waals surface area (Å²) in [7, 11) is 0. The summed E-state index contributed by atoms with van der Waals surface area (Å²) >= 11 is 0. The maximum atomic E-state index is 14.8. The summed E-state index contributed by atoms with van der Waals surface area (Å²) in [6.07, 6.45) is 2.91. The van der Waals surface area contributed by atoms with Gasteiger partial charge in [0.25, 0.3) is 0 Å². The molecule has 0 N–H and O–H groups in total. The molecule has 1 fully saturated rings. The van der Waals surface area contributed by atoms with E-state index in [2.05, 4.69) is 55.5 Å². The van der Waals surface area contributed by atoms with E-state index in [0.717, 1.165) is 45.1 Å². The molecule has 198 valence electrons. The smallest absolute Gasteiger partial charge is 0.239 e. The van der Waals surface area contributed by atoms with E-state index in [4.69, 9.17) is 4.99 Å². The first kappa shape index (κ1) is 24.0. The lowest BCUT2D eigenvalue weighted by molar-refractivity contribution is -0.122. The Morgan fingerprint density at radius 2 is 1.51 bits per heavy atom. The lowest BCUT2D eigenvalue weighted by Gasteiger charge is -2.48. The van der Waals surface area contributed by atoms with Gasteiger partial charge in [-0.1, -0.05) is 104 Å². The highest BCUT2D eigenvalue weighted by atomic mass is 16.2. The van der Waals surface area contributed by atoms with Gasteiger partial charge in [0.2, 0.25) is 11.8 Å². The number of carbonyl (C=O) groups is 2. The van der Waals surface area contributed by atoms with Gasteiger partial charge < -0.3 is 0 Å². The lowest BCUT2D eigenvalue weighted by Crippen LogP contribution is -2.51. The number of aryl methyl sites for hydroxylation is 1. The van der Waals surface area contributed by atoms with Gasteiger partial charge in [-0.3, -0.25) is 14.6 Å². The third kappa shape index (κ3) is 3.25. The van der Waals surface area contributed by atoms with Gasteiger partial charge in [-0.25, -0.2) is 4.90 Å². The fourth-order valence-corrected chi connectivity index (χ4v) is 7.56. The SMILES string of the molecule is CCc1ccc(N=C[C@@]23c4ccc(cc4)[C@@H](c4ccccc42)[C@H]2C(=O)N(c4cccc5ccccc45)C(=O)[C@@H]23)cc1. The van der Waals surface area contributed by atoms with Gasteiger partial charge >= 0.3 is 0 Å². The molecule has 1 heterocycles. The van der Waals surface area contributed by atoms with E-state index >= 15 is 0 Å².